The summed E-state index contributed by atoms with van der Waals surface area (Å²) in [6.07, 6.45) is 0.0252. The van der Waals surface area contributed by atoms with Crippen LogP contribution >= 0.6 is 0 Å². The third-order valence-corrected chi connectivity index (χ3v) is 3.30. The quantitative estimate of drug-likeness (QED) is 0.914. The SMILES string of the molecule is CN(Cc1ccccc1CC(=O)O)c1ccc(C#N)cc1. The molecule has 106 valence electrons. The molecule has 0 bridgehead atoms. The molecule has 0 aliphatic rings. The molecule has 0 unspecified atom stereocenters. The molecule has 0 saturated carbocycles. The normalized spacial score (nSPS) is 9.90. The van der Waals surface area contributed by atoms with E-state index in [0.717, 1.165) is 16.8 Å². The standard InChI is InChI=1S/C17H16N2O2/c1-19(16-8-6-13(11-18)7-9-16)12-15-5-3-2-4-14(15)10-17(20)21/h2-9H,10,12H2,1H3,(H,20,21). The van der Waals surface area contributed by atoms with Gasteiger partial charge in [0.1, 0.15) is 0 Å². The monoisotopic (exact) mass is 280 g/mol. The number of nitriles is 1. The predicted octanol–water partition coefficient (Wildman–Crippen LogP) is 2.82. The number of nitrogens with zero attached hydrogens (tertiary/aromatic N) is 2. The van der Waals surface area contributed by atoms with Crippen LogP contribution < -0.4 is 4.90 Å². The summed E-state index contributed by atoms with van der Waals surface area (Å²) in [4.78, 5) is 12.9. The maximum atomic E-state index is 10.9. The van der Waals surface area contributed by atoms with E-state index in [0.29, 0.717) is 12.1 Å². The van der Waals surface area contributed by atoms with Gasteiger partial charge in [-0.2, -0.15) is 5.26 Å². The van der Waals surface area contributed by atoms with Gasteiger partial charge in [0.15, 0.2) is 0 Å². The number of hydrogen-bond donors (Lipinski definition) is 1. The highest BCUT2D eigenvalue weighted by molar-refractivity contribution is 5.70. The van der Waals surface area contributed by atoms with E-state index in [9.17, 15) is 4.79 Å². The van der Waals surface area contributed by atoms with Gasteiger partial charge in [-0.15, -0.1) is 0 Å². The van der Waals surface area contributed by atoms with Gasteiger partial charge in [0.05, 0.1) is 18.1 Å². The number of carbonyl (C=O) groups is 1. The summed E-state index contributed by atoms with van der Waals surface area (Å²) in [6, 6.07) is 17.0. The molecule has 2 aromatic rings. The maximum Gasteiger partial charge on any atom is 0.307 e. The van der Waals surface area contributed by atoms with Gasteiger partial charge in [0.25, 0.3) is 0 Å². The van der Waals surface area contributed by atoms with Gasteiger partial charge in [-0.1, -0.05) is 24.3 Å². The van der Waals surface area contributed by atoms with E-state index in [4.69, 9.17) is 10.4 Å². The molecule has 4 heteroatoms. The molecule has 4 nitrogen and oxygen atoms in total. The molecular weight excluding hydrogens is 264 g/mol. The second kappa shape index (κ2) is 6.58. The van der Waals surface area contributed by atoms with Gasteiger partial charge >= 0.3 is 5.97 Å². The van der Waals surface area contributed by atoms with Crippen molar-refractivity contribution in [3.05, 3.63) is 65.2 Å². The second-order valence-corrected chi connectivity index (χ2v) is 4.85. The van der Waals surface area contributed by atoms with Crippen molar-refractivity contribution in [3.63, 3.8) is 0 Å². The zero-order valence-corrected chi connectivity index (χ0v) is 11.8. The van der Waals surface area contributed by atoms with E-state index in [1.807, 2.05) is 48.3 Å². The van der Waals surface area contributed by atoms with E-state index < -0.39 is 5.97 Å². The van der Waals surface area contributed by atoms with E-state index in [2.05, 4.69) is 6.07 Å². The fourth-order valence-corrected chi connectivity index (χ4v) is 2.18. The zero-order chi connectivity index (χ0) is 15.2. The third-order valence-electron chi connectivity index (χ3n) is 3.30. The van der Waals surface area contributed by atoms with Gasteiger partial charge < -0.3 is 10.0 Å². The first-order chi connectivity index (χ1) is 10.1. The number of carboxylic acid groups (broad SMARTS) is 1. The summed E-state index contributed by atoms with van der Waals surface area (Å²) < 4.78 is 0. The van der Waals surface area contributed by atoms with Crippen LogP contribution in [0.25, 0.3) is 0 Å². The Balaban J connectivity index is 2.17. The largest absolute Gasteiger partial charge is 0.481 e. The lowest BCUT2D eigenvalue weighted by Gasteiger charge is -2.21. The Kier molecular flexibility index (Phi) is 4.57. The topological polar surface area (TPSA) is 64.3 Å². The number of rotatable bonds is 5. The molecule has 0 aromatic heterocycles. The van der Waals surface area contributed by atoms with Crippen LogP contribution in [0.5, 0.6) is 0 Å². The number of anilines is 1. The lowest BCUT2D eigenvalue weighted by molar-refractivity contribution is -0.136. The van der Waals surface area contributed by atoms with Crippen LogP contribution in [0.2, 0.25) is 0 Å². The molecule has 2 rings (SSSR count). The molecule has 0 atom stereocenters. The van der Waals surface area contributed by atoms with Crippen LogP contribution in [0.15, 0.2) is 48.5 Å². The molecule has 2 aromatic carbocycles. The van der Waals surface area contributed by atoms with Gasteiger partial charge in [0.2, 0.25) is 0 Å². The summed E-state index contributed by atoms with van der Waals surface area (Å²) >= 11 is 0. The Morgan fingerprint density at radius 1 is 1.14 bits per heavy atom. The van der Waals surface area contributed by atoms with Crippen LogP contribution in [-0.2, 0) is 17.8 Å². The number of hydrogen-bond acceptors (Lipinski definition) is 3. The Hall–Kier alpha value is -2.80. The highest BCUT2D eigenvalue weighted by atomic mass is 16.4. The van der Waals surface area contributed by atoms with Crippen molar-refractivity contribution >= 4 is 11.7 Å². The molecule has 0 radical (unpaired) electrons. The smallest absolute Gasteiger partial charge is 0.307 e. The van der Waals surface area contributed by atoms with Crippen LogP contribution in [0.3, 0.4) is 0 Å². The lowest BCUT2D eigenvalue weighted by Crippen LogP contribution is -2.18. The minimum atomic E-state index is -0.830. The zero-order valence-electron chi connectivity index (χ0n) is 11.8. The Labute approximate surface area is 123 Å². The Bertz CT molecular complexity index is 672. The summed E-state index contributed by atoms with van der Waals surface area (Å²) in [5.74, 6) is -0.830. The minimum Gasteiger partial charge on any atom is -0.481 e. The lowest BCUT2D eigenvalue weighted by atomic mass is 10.0. The van der Waals surface area contributed by atoms with Crippen molar-refractivity contribution in [2.75, 3.05) is 11.9 Å². The van der Waals surface area contributed by atoms with Gasteiger partial charge in [-0.3, -0.25) is 4.79 Å². The van der Waals surface area contributed by atoms with Crippen LogP contribution in [-0.4, -0.2) is 18.1 Å². The second-order valence-electron chi connectivity index (χ2n) is 4.85. The maximum absolute atomic E-state index is 10.9. The Morgan fingerprint density at radius 3 is 2.33 bits per heavy atom. The highest BCUT2D eigenvalue weighted by Gasteiger charge is 2.09. The van der Waals surface area contributed by atoms with Gasteiger partial charge in [-0.25, -0.2) is 0 Å². The van der Waals surface area contributed by atoms with E-state index in [1.165, 1.54) is 0 Å². The highest BCUT2D eigenvalue weighted by Crippen LogP contribution is 2.18. The molecule has 0 saturated heterocycles. The van der Waals surface area contributed by atoms with Crippen LogP contribution in [0.4, 0.5) is 5.69 Å². The van der Waals surface area contributed by atoms with Crippen molar-refractivity contribution < 1.29 is 9.90 Å². The molecule has 0 aliphatic carbocycles. The fraction of sp³-hybridized carbons (Fsp3) is 0.176. The molecule has 21 heavy (non-hydrogen) atoms. The first kappa shape index (κ1) is 14.6. The average molecular weight is 280 g/mol. The Morgan fingerprint density at radius 2 is 1.76 bits per heavy atom. The molecule has 0 spiro atoms. The molecule has 0 fully saturated rings. The molecular formula is C17H16N2O2. The first-order valence-corrected chi connectivity index (χ1v) is 6.60. The number of carboxylic acids is 1. The van der Waals surface area contributed by atoms with Gasteiger partial charge in [-0.05, 0) is 35.4 Å². The fourth-order valence-electron chi connectivity index (χ4n) is 2.18. The van der Waals surface area contributed by atoms with Crippen molar-refractivity contribution in [3.8, 4) is 6.07 Å². The van der Waals surface area contributed by atoms with E-state index >= 15 is 0 Å². The van der Waals surface area contributed by atoms with Gasteiger partial charge in [0, 0.05) is 19.3 Å². The molecule has 0 amide bonds. The van der Waals surface area contributed by atoms with Crippen molar-refractivity contribution in [2.45, 2.75) is 13.0 Å². The van der Waals surface area contributed by atoms with Crippen molar-refractivity contribution in [1.29, 1.82) is 5.26 Å². The minimum absolute atomic E-state index is 0.0252. The van der Waals surface area contributed by atoms with Crippen LogP contribution in [0, 0.1) is 11.3 Å². The molecule has 1 N–H and O–H groups in total. The average Bonchev–Trinajstić information content (AvgIpc) is 2.49. The number of benzene rings is 2. The van der Waals surface area contributed by atoms with Crippen LogP contribution in [0.1, 0.15) is 16.7 Å². The molecule has 0 aliphatic heterocycles. The first-order valence-electron chi connectivity index (χ1n) is 6.60. The van der Waals surface area contributed by atoms with Crippen molar-refractivity contribution in [2.24, 2.45) is 0 Å². The van der Waals surface area contributed by atoms with E-state index in [-0.39, 0.29) is 6.42 Å². The van der Waals surface area contributed by atoms with E-state index in [1.54, 1.807) is 12.1 Å². The van der Waals surface area contributed by atoms with Crippen molar-refractivity contribution in [1.82, 2.24) is 0 Å². The third kappa shape index (κ3) is 3.83. The predicted molar refractivity (Wildman–Crippen MR) is 81.0 cm³/mol. The summed E-state index contributed by atoms with van der Waals surface area (Å²) in [5, 5.41) is 17.8. The number of aliphatic carboxylic acids is 1. The summed E-state index contributed by atoms with van der Waals surface area (Å²) in [7, 11) is 1.94. The molecule has 0 heterocycles. The summed E-state index contributed by atoms with van der Waals surface area (Å²) in [5.41, 5.74) is 3.43. The summed E-state index contributed by atoms with van der Waals surface area (Å²) in [6.45, 7) is 0.620.